The van der Waals surface area contributed by atoms with E-state index in [-0.39, 0.29) is 0 Å². The minimum Gasteiger partial charge on any atom is -0.394 e. The molecule has 1 unspecified atom stereocenters. The number of hydrogen-bond donors (Lipinski definition) is 5. The van der Waals surface area contributed by atoms with Crippen LogP contribution >= 0.6 is 0 Å². The number of aliphatic hydroxyl groups is 5. The first-order valence-corrected chi connectivity index (χ1v) is 3.56. The third-order valence-electron chi connectivity index (χ3n) is 1.87. The highest BCUT2D eigenvalue weighted by molar-refractivity contribution is 4.87. The predicted molar refractivity (Wildman–Crippen MR) is 36.0 cm³/mol. The lowest BCUT2D eigenvalue weighted by Gasteiger charge is -2.37. The van der Waals surface area contributed by atoms with Gasteiger partial charge in [-0.25, -0.2) is 0 Å². The molecule has 0 radical (unpaired) electrons. The van der Waals surface area contributed by atoms with E-state index in [4.69, 9.17) is 25.5 Å². The van der Waals surface area contributed by atoms with Crippen LogP contribution in [-0.4, -0.2) is 62.8 Å². The topological polar surface area (TPSA) is 110 Å². The number of rotatable bonds is 1. The van der Waals surface area contributed by atoms with Crippen LogP contribution in [0.15, 0.2) is 0 Å². The van der Waals surface area contributed by atoms with Crippen LogP contribution in [0.2, 0.25) is 0 Å². The number of hydrogen-bond acceptors (Lipinski definition) is 6. The Bertz CT molecular complexity index is 146. The first kappa shape index (κ1) is 9.85. The van der Waals surface area contributed by atoms with E-state index in [1.807, 2.05) is 0 Å². The minimum atomic E-state index is -1.57. The Kier molecular flexibility index (Phi) is 2.99. The van der Waals surface area contributed by atoms with Gasteiger partial charge in [-0.2, -0.15) is 0 Å². The highest BCUT2D eigenvalue weighted by Gasteiger charge is 2.42. The molecule has 1 rings (SSSR count). The second-order valence-electron chi connectivity index (χ2n) is 2.72. The van der Waals surface area contributed by atoms with Crippen molar-refractivity contribution in [3.63, 3.8) is 0 Å². The zero-order valence-electron chi connectivity index (χ0n) is 6.24. The molecule has 72 valence electrons. The number of aliphatic hydroxyl groups excluding tert-OH is 5. The SMILES string of the molecule is OC[C@H]1O[C@H](O)[C@@H](O)C(O)[C@@H]1O. The van der Waals surface area contributed by atoms with Crippen molar-refractivity contribution in [2.75, 3.05) is 6.61 Å². The zero-order chi connectivity index (χ0) is 9.30. The molecule has 1 aliphatic heterocycles. The maximum absolute atomic E-state index is 9.12. The second-order valence-corrected chi connectivity index (χ2v) is 2.72. The summed E-state index contributed by atoms with van der Waals surface area (Å²) in [5.74, 6) is 0. The molecule has 0 spiro atoms. The summed E-state index contributed by atoms with van der Waals surface area (Å²) in [5.41, 5.74) is 0. The van der Waals surface area contributed by atoms with E-state index in [0.29, 0.717) is 0 Å². The van der Waals surface area contributed by atoms with Gasteiger partial charge in [-0.05, 0) is 0 Å². The van der Waals surface area contributed by atoms with Crippen molar-refractivity contribution < 1.29 is 30.3 Å². The molecule has 5 atom stereocenters. The Morgan fingerprint density at radius 1 is 0.917 bits per heavy atom. The van der Waals surface area contributed by atoms with Crippen LogP contribution in [0.5, 0.6) is 0 Å². The Labute approximate surface area is 68.6 Å². The molecule has 5 N–H and O–H groups in total. The Balaban J connectivity index is 2.63. The summed E-state index contributed by atoms with van der Waals surface area (Å²) in [6.07, 6.45) is -7.04. The monoisotopic (exact) mass is 180 g/mol. The predicted octanol–water partition coefficient (Wildman–Crippen LogP) is -3.22. The summed E-state index contributed by atoms with van der Waals surface area (Å²) in [5, 5.41) is 44.7. The van der Waals surface area contributed by atoms with Gasteiger partial charge in [0.05, 0.1) is 6.61 Å². The summed E-state index contributed by atoms with van der Waals surface area (Å²) >= 11 is 0. The average Bonchev–Trinajstić information content (AvgIpc) is 2.08. The molecular weight excluding hydrogens is 168 g/mol. The van der Waals surface area contributed by atoms with Crippen molar-refractivity contribution in [1.29, 1.82) is 0 Å². The molecule has 0 aromatic carbocycles. The zero-order valence-corrected chi connectivity index (χ0v) is 6.24. The molecule has 0 amide bonds. The molecule has 6 nitrogen and oxygen atoms in total. The van der Waals surface area contributed by atoms with Gasteiger partial charge in [-0.1, -0.05) is 0 Å². The van der Waals surface area contributed by atoms with E-state index in [1.165, 1.54) is 0 Å². The van der Waals surface area contributed by atoms with Crippen LogP contribution < -0.4 is 0 Å². The van der Waals surface area contributed by atoms with E-state index < -0.39 is 37.3 Å². The normalized spacial score (nSPS) is 49.2. The van der Waals surface area contributed by atoms with Gasteiger partial charge < -0.3 is 30.3 Å². The quantitative estimate of drug-likeness (QED) is 0.290. The third-order valence-corrected chi connectivity index (χ3v) is 1.87. The van der Waals surface area contributed by atoms with Crippen LogP contribution in [0, 0.1) is 0 Å². The largest absolute Gasteiger partial charge is 0.394 e. The van der Waals surface area contributed by atoms with Crippen molar-refractivity contribution in [2.24, 2.45) is 0 Å². The van der Waals surface area contributed by atoms with Gasteiger partial charge >= 0.3 is 0 Å². The van der Waals surface area contributed by atoms with Crippen molar-refractivity contribution in [1.82, 2.24) is 0 Å². The molecule has 0 aromatic rings. The smallest absolute Gasteiger partial charge is 0.184 e. The van der Waals surface area contributed by atoms with Crippen LogP contribution in [0.4, 0.5) is 0 Å². The van der Waals surface area contributed by atoms with Crippen LogP contribution in [0.1, 0.15) is 0 Å². The molecule has 1 heterocycles. The van der Waals surface area contributed by atoms with Gasteiger partial charge in [0.1, 0.15) is 24.4 Å². The van der Waals surface area contributed by atoms with Crippen molar-refractivity contribution in [2.45, 2.75) is 30.7 Å². The van der Waals surface area contributed by atoms with E-state index in [2.05, 4.69) is 4.74 Å². The molecule has 1 saturated heterocycles. The van der Waals surface area contributed by atoms with Crippen molar-refractivity contribution >= 4 is 0 Å². The molecule has 6 heteroatoms. The average molecular weight is 180 g/mol. The Hall–Kier alpha value is -0.240. The number of ether oxygens (including phenoxy) is 1. The molecule has 0 saturated carbocycles. The lowest BCUT2D eigenvalue weighted by atomic mass is 10.00. The van der Waals surface area contributed by atoms with Gasteiger partial charge in [0, 0.05) is 0 Å². The van der Waals surface area contributed by atoms with E-state index in [9.17, 15) is 0 Å². The lowest BCUT2D eigenvalue weighted by molar-refractivity contribution is -0.286. The van der Waals surface area contributed by atoms with Gasteiger partial charge in [-0.3, -0.25) is 0 Å². The molecule has 0 aromatic heterocycles. The van der Waals surface area contributed by atoms with Gasteiger partial charge in [0.25, 0.3) is 0 Å². The summed E-state index contributed by atoms with van der Waals surface area (Å²) in [6.45, 7) is -0.526. The minimum absolute atomic E-state index is 0.526. The van der Waals surface area contributed by atoms with Gasteiger partial charge in [-0.15, -0.1) is 0 Å². The molecule has 1 fully saturated rings. The lowest BCUT2D eigenvalue weighted by Crippen LogP contribution is -2.58. The Morgan fingerprint density at radius 3 is 2.00 bits per heavy atom. The molecule has 0 aliphatic carbocycles. The maximum atomic E-state index is 9.12. The van der Waals surface area contributed by atoms with Crippen LogP contribution in [0.25, 0.3) is 0 Å². The molecule has 12 heavy (non-hydrogen) atoms. The Morgan fingerprint density at radius 2 is 1.50 bits per heavy atom. The standard InChI is InChI=1S/C6H12O6/c7-1-2-3(8)4(9)5(10)6(11)12-2/h2-11H,1H2/t2-,3-,4?,5+,6+/m1/s1. The van der Waals surface area contributed by atoms with Gasteiger partial charge in [0.2, 0.25) is 0 Å². The summed E-state index contributed by atoms with van der Waals surface area (Å²) in [7, 11) is 0. The van der Waals surface area contributed by atoms with E-state index in [0.717, 1.165) is 0 Å². The van der Waals surface area contributed by atoms with Crippen molar-refractivity contribution in [3.8, 4) is 0 Å². The van der Waals surface area contributed by atoms with Crippen LogP contribution in [0.3, 0.4) is 0 Å². The fraction of sp³-hybridized carbons (Fsp3) is 1.00. The maximum Gasteiger partial charge on any atom is 0.184 e. The summed E-state index contributed by atoms with van der Waals surface area (Å²) < 4.78 is 4.58. The second kappa shape index (κ2) is 3.65. The fourth-order valence-corrected chi connectivity index (χ4v) is 1.08. The highest BCUT2D eigenvalue weighted by atomic mass is 16.6. The fourth-order valence-electron chi connectivity index (χ4n) is 1.08. The van der Waals surface area contributed by atoms with Crippen molar-refractivity contribution in [3.05, 3.63) is 0 Å². The first-order valence-electron chi connectivity index (χ1n) is 3.56. The molecule has 0 bridgehead atoms. The third kappa shape index (κ3) is 1.58. The molecular formula is C6H12O6. The highest BCUT2D eigenvalue weighted by Crippen LogP contribution is 2.18. The molecule has 1 aliphatic rings. The van der Waals surface area contributed by atoms with Gasteiger partial charge in [0.15, 0.2) is 6.29 Å². The first-order chi connectivity index (χ1) is 5.57. The van der Waals surface area contributed by atoms with Crippen LogP contribution in [-0.2, 0) is 4.74 Å². The van der Waals surface area contributed by atoms with E-state index >= 15 is 0 Å². The summed E-state index contributed by atoms with van der Waals surface area (Å²) in [4.78, 5) is 0. The summed E-state index contributed by atoms with van der Waals surface area (Å²) in [6, 6.07) is 0. The van der Waals surface area contributed by atoms with E-state index in [1.54, 1.807) is 0 Å².